The van der Waals surface area contributed by atoms with E-state index in [2.05, 4.69) is 0 Å². The largest absolute Gasteiger partial charge is 0.410 e. The molecule has 4 N–H and O–H groups in total. The van der Waals surface area contributed by atoms with Crippen molar-refractivity contribution < 1.29 is 19.1 Å². The van der Waals surface area contributed by atoms with Gasteiger partial charge in [-0.25, -0.2) is 9.59 Å². The van der Waals surface area contributed by atoms with E-state index in [4.69, 9.17) is 20.9 Å². The van der Waals surface area contributed by atoms with E-state index in [1.807, 2.05) is 48.5 Å². The molecule has 2 amide bonds. The van der Waals surface area contributed by atoms with E-state index in [9.17, 15) is 9.59 Å². The first-order valence-electron chi connectivity index (χ1n) is 8.20. The average Bonchev–Trinajstić information content (AvgIpc) is 2.65. The van der Waals surface area contributed by atoms with Crippen LogP contribution in [0, 0.1) is 6.92 Å². The van der Waals surface area contributed by atoms with E-state index >= 15 is 0 Å². The third-order valence-corrected chi connectivity index (χ3v) is 4.05. The predicted octanol–water partition coefficient (Wildman–Crippen LogP) is 4.24. The second-order valence-electron chi connectivity index (χ2n) is 5.83. The maximum atomic E-state index is 11.6. The summed E-state index contributed by atoms with van der Waals surface area (Å²) in [5, 5.41) is 0. The first-order chi connectivity index (χ1) is 13.0. The maximum absolute atomic E-state index is 11.6. The van der Waals surface area contributed by atoms with Crippen molar-refractivity contribution in [3.05, 3.63) is 72.3 Å². The first-order valence-corrected chi connectivity index (χ1v) is 8.20. The Hall–Kier alpha value is -3.80. The monoisotopic (exact) mass is 362 g/mol. The van der Waals surface area contributed by atoms with E-state index in [-0.39, 0.29) is 11.5 Å². The molecule has 0 aliphatic heterocycles. The maximum Gasteiger partial charge on any atom is 0.409 e. The number of carbonyl (C=O) groups excluding carboxylic acids is 2. The molecule has 27 heavy (non-hydrogen) atoms. The second-order valence-corrected chi connectivity index (χ2v) is 5.83. The zero-order chi connectivity index (χ0) is 19.4. The van der Waals surface area contributed by atoms with Gasteiger partial charge >= 0.3 is 12.2 Å². The minimum Gasteiger partial charge on any atom is -0.410 e. The van der Waals surface area contributed by atoms with Crippen LogP contribution in [0.15, 0.2) is 66.7 Å². The fraction of sp³-hybridized carbons (Fsp3) is 0.0476. The molecule has 0 fully saturated rings. The summed E-state index contributed by atoms with van der Waals surface area (Å²) in [5.41, 5.74) is 13.9. The number of hydrogen-bond donors (Lipinski definition) is 2. The van der Waals surface area contributed by atoms with Crippen molar-refractivity contribution in [3.8, 4) is 33.8 Å². The molecular formula is C21H18N2O4. The van der Waals surface area contributed by atoms with Crippen molar-refractivity contribution in [1.82, 2.24) is 0 Å². The van der Waals surface area contributed by atoms with Crippen molar-refractivity contribution >= 4 is 12.2 Å². The molecule has 0 atom stereocenters. The highest BCUT2D eigenvalue weighted by Gasteiger charge is 2.22. The Bertz CT molecular complexity index is 986. The first kappa shape index (κ1) is 18.0. The lowest BCUT2D eigenvalue weighted by Gasteiger charge is -2.19. The lowest BCUT2D eigenvalue weighted by atomic mass is 9.93. The van der Waals surface area contributed by atoms with Gasteiger partial charge in [0.05, 0.1) is 5.56 Å². The number of hydrogen-bond acceptors (Lipinski definition) is 4. The van der Waals surface area contributed by atoms with Crippen molar-refractivity contribution in [2.24, 2.45) is 11.5 Å². The Morgan fingerprint density at radius 2 is 1.30 bits per heavy atom. The molecule has 3 rings (SSSR count). The third-order valence-electron chi connectivity index (χ3n) is 4.05. The number of primary amides is 2. The van der Waals surface area contributed by atoms with Gasteiger partial charge in [-0.05, 0) is 29.7 Å². The van der Waals surface area contributed by atoms with Crippen molar-refractivity contribution in [2.45, 2.75) is 6.92 Å². The smallest absolute Gasteiger partial charge is 0.409 e. The van der Waals surface area contributed by atoms with Crippen LogP contribution in [0.1, 0.15) is 5.56 Å². The molecule has 0 saturated heterocycles. The van der Waals surface area contributed by atoms with Crippen LogP contribution < -0.4 is 20.9 Å². The fourth-order valence-corrected chi connectivity index (χ4v) is 2.95. The molecule has 0 bridgehead atoms. The Morgan fingerprint density at radius 1 is 0.778 bits per heavy atom. The van der Waals surface area contributed by atoms with Gasteiger partial charge in [0.25, 0.3) is 0 Å². The number of benzene rings is 3. The number of carbonyl (C=O) groups is 2. The zero-order valence-corrected chi connectivity index (χ0v) is 14.6. The lowest BCUT2D eigenvalue weighted by Crippen LogP contribution is -2.19. The normalized spacial score (nSPS) is 10.3. The third kappa shape index (κ3) is 3.90. The average molecular weight is 362 g/mol. The Balaban J connectivity index is 2.35. The summed E-state index contributed by atoms with van der Waals surface area (Å²) in [5.74, 6) is 0.390. The van der Waals surface area contributed by atoms with Crippen LogP contribution in [0.4, 0.5) is 9.59 Å². The SMILES string of the molecule is Cc1c(-c2ccccc2)cc(OC(N)=O)c(-c2ccccc2)c1OC(N)=O. The molecular weight excluding hydrogens is 344 g/mol. The summed E-state index contributed by atoms with van der Waals surface area (Å²) in [7, 11) is 0. The molecule has 0 unspecified atom stereocenters. The molecule has 6 nitrogen and oxygen atoms in total. The highest BCUT2D eigenvalue weighted by molar-refractivity contribution is 5.89. The van der Waals surface area contributed by atoms with Gasteiger partial charge in [-0.1, -0.05) is 60.7 Å². The van der Waals surface area contributed by atoms with Crippen LogP contribution >= 0.6 is 0 Å². The molecule has 0 heterocycles. The summed E-state index contributed by atoms with van der Waals surface area (Å²) in [6, 6.07) is 20.2. The van der Waals surface area contributed by atoms with Gasteiger partial charge in [-0.3, -0.25) is 0 Å². The van der Waals surface area contributed by atoms with Crippen LogP contribution in [0.2, 0.25) is 0 Å². The molecule has 0 aromatic heterocycles. The Morgan fingerprint density at radius 3 is 1.81 bits per heavy atom. The van der Waals surface area contributed by atoms with Gasteiger partial charge < -0.3 is 20.9 Å². The topological polar surface area (TPSA) is 105 Å². The zero-order valence-electron chi connectivity index (χ0n) is 14.6. The van der Waals surface area contributed by atoms with Gasteiger partial charge in [0.15, 0.2) is 0 Å². The summed E-state index contributed by atoms with van der Waals surface area (Å²) in [6.45, 7) is 1.81. The van der Waals surface area contributed by atoms with Crippen LogP contribution in [-0.4, -0.2) is 12.2 Å². The molecule has 0 spiro atoms. The fourth-order valence-electron chi connectivity index (χ4n) is 2.95. The molecule has 0 radical (unpaired) electrons. The standard InChI is InChI=1S/C21H18N2O4/c1-13-16(14-8-4-2-5-9-14)12-17(26-20(22)24)18(19(13)27-21(23)25)15-10-6-3-7-11-15/h2-12H,1H3,(H2,22,24)(H2,23,25). The highest BCUT2D eigenvalue weighted by Crippen LogP contribution is 2.45. The van der Waals surface area contributed by atoms with Gasteiger partial charge in [0.1, 0.15) is 11.5 Å². The number of amides is 2. The number of nitrogens with two attached hydrogens (primary N) is 2. The molecule has 0 aliphatic carbocycles. The van der Waals surface area contributed by atoms with Crippen LogP contribution in [-0.2, 0) is 0 Å². The minimum atomic E-state index is -0.972. The molecule has 136 valence electrons. The van der Waals surface area contributed by atoms with Gasteiger partial charge in [0.2, 0.25) is 0 Å². The minimum absolute atomic E-state index is 0.175. The molecule has 0 saturated carbocycles. The van der Waals surface area contributed by atoms with Crippen LogP contribution in [0.25, 0.3) is 22.3 Å². The van der Waals surface area contributed by atoms with E-state index in [1.54, 1.807) is 25.1 Å². The Kier molecular flexibility index (Phi) is 5.08. The number of ether oxygens (including phenoxy) is 2. The van der Waals surface area contributed by atoms with E-state index < -0.39 is 12.2 Å². The van der Waals surface area contributed by atoms with E-state index in [1.165, 1.54) is 0 Å². The molecule has 6 heteroatoms. The summed E-state index contributed by atoms with van der Waals surface area (Å²) >= 11 is 0. The highest BCUT2D eigenvalue weighted by atomic mass is 16.6. The number of rotatable bonds is 4. The van der Waals surface area contributed by atoms with Crippen molar-refractivity contribution in [3.63, 3.8) is 0 Å². The summed E-state index contributed by atoms with van der Waals surface area (Å²) in [4.78, 5) is 23.0. The van der Waals surface area contributed by atoms with Crippen molar-refractivity contribution in [1.29, 1.82) is 0 Å². The molecule has 3 aromatic rings. The van der Waals surface area contributed by atoms with Crippen LogP contribution in [0.3, 0.4) is 0 Å². The molecule has 0 aliphatic rings. The van der Waals surface area contributed by atoms with E-state index in [0.717, 1.165) is 11.1 Å². The summed E-state index contributed by atoms with van der Waals surface area (Å²) in [6.07, 6.45) is -1.94. The lowest BCUT2D eigenvalue weighted by molar-refractivity contribution is 0.209. The van der Waals surface area contributed by atoms with Gasteiger partial charge in [-0.2, -0.15) is 0 Å². The van der Waals surface area contributed by atoms with Gasteiger partial charge in [0, 0.05) is 5.56 Å². The summed E-state index contributed by atoms with van der Waals surface area (Å²) < 4.78 is 10.6. The quantitative estimate of drug-likeness (QED) is 0.724. The van der Waals surface area contributed by atoms with Crippen LogP contribution in [0.5, 0.6) is 11.5 Å². The van der Waals surface area contributed by atoms with E-state index in [0.29, 0.717) is 16.7 Å². The van der Waals surface area contributed by atoms with Crippen molar-refractivity contribution in [2.75, 3.05) is 0 Å². The predicted molar refractivity (Wildman–Crippen MR) is 102 cm³/mol. The second kappa shape index (κ2) is 7.61. The Labute approximate surface area is 156 Å². The van der Waals surface area contributed by atoms with Gasteiger partial charge in [-0.15, -0.1) is 0 Å². The molecule has 3 aromatic carbocycles.